The molecule has 0 saturated carbocycles. The normalized spacial score (nSPS) is 19.5. The summed E-state index contributed by atoms with van der Waals surface area (Å²) in [4.78, 5) is 13.3. The Hall–Kier alpha value is -0.0500. The van der Waals surface area contributed by atoms with Gasteiger partial charge >= 0.3 is 0 Å². The third-order valence-corrected chi connectivity index (χ3v) is 3.12. The molecule has 0 aliphatic carbocycles. The number of likely N-dealkylation sites (tertiary alicyclic amines) is 1. The second-order valence-corrected chi connectivity index (χ2v) is 4.65. The van der Waals surface area contributed by atoms with Crippen LogP contribution in [0, 0.1) is 5.92 Å². The lowest BCUT2D eigenvalue weighted by Gasteiger charge is -2.17. The minimum Gasteiger partial charge on any atom is -0.343 e. The maximum atomic E-state index is 11.3. The highest BCUT2D eigenvalue weighted by atomic mass is 79.9. The minimum atomic E-state index is 0.353. The maximum Gasteiger partial charge on any atom is 0.222 e. The van der Waals surface area contributed by atoms with E-state index in [1.54, 1.807) is 0 Å². The molecule has 1 unspecified atom stereocenters. The molecule has 1 fully saturated rings. The van der Waals surface area contributed by atoms with Crippen LogP contribution in [-0.4, -0.2) is 29.2 Å². The van der Waals surface area contributed by atoms with Crippen molar-refractivity contribution in [3.8, 4) is 0 Å². The van der Waals surface area contributed by atoms with Crippen LogP contribution < -0.4 is 0 Å². The zero-order chi connectivity index (χ0) is 9.68. The first-order valence-electron chi connectivity index (χ1n) is 5.07. The number of halogens is 1. The Morgan fingerprint density at radius 2 is 2.31 bits per heavy atom. The number of amides is 1. The molecule has 1 aliphatic rings. The summed E-state index contributed by atoms with van der Waals surface area (Å²) in [5.41, 5.74) is 0. The fourth-order valence-electron chi connectivity index (χ4n) is 1.65. The summed E-state index contributed by atoms with van der Waals surface area (Å²) in [6.07, 6.45) is 4.19. The van der Waals surface area contributed by atoms with Crippen molar-refractivity contribution in [3.05, 3.63) is 0 Å². The first-order chi connectivity index (χ1) is 6.24. The van der Waals surface area contributed by atoms with Crippen LogP contribution in [0.4, 0.5) is 0 Å². The topological polar surface area (TPSA) is 20.3 Å². The number of alkyl halides is 1. The summed E-state index contributed by atoms with van der Waals surface area (Å²) in [6, 6.07) is 0. The fourth-order valence-corrected chi connectivity index (χ4v) is 2.43. The van der Waals surface area contributed by atoms with E-state index in [0.29, 0.717) is 5.91 Å². The minimum absolute atomic E-state index is 0.353. The van der Waals surface area contributed by atoms with Crippen LogP contribution >= 0.6 is 15.9 Å². The van der Waals surface area contributed by atoms with Gasteiger partial charge in [0.1, 0.15) is 0 Å². The Morgan fingerprint density at radius 1 is 1.54 bits per heavy atom. The van der Waals surface area contributed by atoms with Crippen LogP contribution in [0.25, 0.3) is 0 Å². The van der Waals surface area contributed by atoms with Gasteiger partial charge in [-0.1, -0.05) is 22.9 Å². The van der Waals surface area contributed by atoms with Crippen molar-refractivity contribution in [3.63, 3.8) is 0 Å². The van der Waals surface area contributed by atoms with E-state index in [9.17, 15) is 4.79 Å². The summed E-state index contributed by atoms with van der Waals surface area (Å²) in [7, 11) is 0. The standard InChI is InChI=1S/C10H18BrNO/c1-9(4-6-11)5-8-12-7-2-3-10(12)13/h9H,2-8H2,1H3. The molecule has 1 aliphatic heterocycles. The fraction of sp³-hybridized carbons (Fsp3) is 0.900. The quantitative estimate of drug-likeness (QED) is 0.684. The molecule has 0 bridgehead atoms. The van der Waals surface area contributed by atoms with Gasteiger partial charge in [-0.3, -0.25) is 4.79 Å². The predicted octanol–water partition coefficient (Wildman–Crippen LogP) is 2.42. The first kappa shape index (κ1) is 11.0. The third kappa shape index (κ3) is 3.67. The van der Waals surface area contributed by atoms with Gasteiger partial charge in [0.2, 0.25) is 5.91 Å². The smallest absolute Gasteiger partial charge is 0.222 e. The van der Waals surface area contributed by atoms with Crippen LogP contribution in [-0.2, 0) is 4.79 Å². The molecule has 1 rings (SSSR count). The predicted molar refractivity (Wildman–Crippen MR) is 58.0 cm³/mol. The molecule has 13 heavy (non-hydrogen) atoms. The van der Waals surface area contributed by atoms with Gasteiger partial charge in [-0.2, -0.15) is 0 Å². The third-order valence-electron chi connectivity index (χ3n) is 2.67. The van der Waals surface area contributed by atoms with Crippen molar-refractivity contribution < 1.29 is 4.79 Å². The molecule has 1 atom stereocenters. The van der Waals surface area contributed by atoms with Gasteiger partial charge in [-0.15, -0.1) is 0 Å². The Bertz CT molecular complexity index is 172. The van der Waals surface area contributed by atoms with Gasteiger partial charge in [-0.05, 0) is 25.2 Å². The molecule has 0 N–H and O–H groups in total. The Kier molecular flexibility index (Phi) is 4.78. The number of carbonyl (C=O) groups excluding carboxylic acids is 1. The van der Waals surface area contributed by atoms with E-state index in [0.717, 1.165) is 43.6 Å². The molecular formula is C10H18BrNO. The highest BCUT2D eigenvalue weighted by molar-refractivity contribution is 9.09. The number of carbonyl (C=O) groups is 1. The Labute approximate surface area is 88.8 Å². The van der Waals surface area contributed by atoms with Crippen molar-refractivity contribution in [1.82, 2.24) is 4.90 Å². The molecule has 0 spiro atoms. The number of hydrogen-bond acceptors (Lipinski definition) is 1. The van der Waals surface area contributed by atoms with E-state index in [4.69, 9.17) is 0 Å². The molecule has 1 heterocycles. The molecule has 3 heteroatoms. The molecule has 1 amide bonds. The molecule has 2 nitrogen and oxygen atoms in total. The second kappa shape index (κ2) is 5.63. The van der Waals surface area contributed by atoms with Crippen molar-refractivity contribution >= 4 is 21.8 Å². The Morgan fingerprint density at radius 3 is 2.85 bits per heavy atom. The van der Waals surface area contributed by atoms with E-state index in [1.807, 2.05) is 4.90 Å². The first-order valence-corrected chi connectivity index (χ1v) is 6.20. The summed E-state index contributed by atoms with van der Waals surface area (Å²) < 4.78 is 0. The Balaban J connectivity index is 2.14. The van der Waals surface area contributed by atoms with Crippen molar-refractivity contribution in [2.45, 2.75) is 32.6 Å². The van der Waals surface area contributed by atoms with E-state index in [1.165, 1.54) is 6.42 Å². The van der Waals surface area contributed by atoms with E-state index in [2.05, 4.69) is 22.9 Å². The molecule has 1 saturated heterocycles. The zero-order valence-corrected chi connectivity index (χ0v) is 9.85. The molecule has 0 aromatic heterocycles. The summed E-state index contributed by atoms with van der Waals surface area (Å²) in [5.74, 6) is 1.08. The van der Waals surface area contributed by atoms with Gasteiger partial charge in [0.15, 0.2) is 0 Å². The largest absolute Gasteiger partial charge is 0.343 e. The van der Waals surface area contributed by atoms with Gasteiger partial charge in [-0.25, -0.2) is 0 Å². The van der Waals surface area contributed by atoms with E-state index < -0.39 is 0 Å². The molecule has 0 aromatic carbocycles. The highest BCUT2D eigenvalue weighted by Gasteiger charge is 2.19. The van der Waals surface area contributed by atoms with Gasteiger partial charge in [0, 0.05) is 24.8 Å². The lowest BCUT2D eigenvalue weighted by Crippen LogP contribution is -2.26. The number of nitrogens with zero attached hydrogens (tertiary/aromatic N) is 1. The number of hydrogen-bond donors (Lipinski definition) is 0. The average molecular weight is 248 g/mol. The van der Waals surface area contributed by atoms with Gasteiger partial charge in [0.25, 0.3) is 0 Å². The zero-order valence-electron chi connectivity index (χ0n) is 8.26. The highest BCUT2D eigenvalue weighted by Crippen LogP contribution is 2.14. The molecule has 0 aromatic rings. The van der Waals surface area contributed by atoms with Crippen LogP contribution in [0.3, 0.4) is 0 Å². The molecule has 76 valence electrons. The van der Waals surface area contributed by atoms with Crippen LogP contribution in [0.1, 0.15) is 32.6 Å². The molecule has 0 radical (unpaired) electrons. The summed E-state index contributed by atoms with van der Waals surface area (Å²) in [6.45, 7) is 4.20. The summed E-state index contributed by atoms with van der Waals surface area (Å²) in [5, 5.41) is 1.07. The second-order valence-electron chi connectivity index (χ2n) is 3.86. The van der Waals surface area contributed by atoms with E-state index >= 15 is 0 Å². The lowest BCUT2D eigenvalue weighted by molar-refractivity contribution is -0.127. The SMILES string of the molecule is CC(CCBr)CCN1CCCC1=O. The van der Waals surface area contributed by atoms with Crippen LogP contribution in [0.2, 0.25) is 0 Å². The lowest BCUT2D eigenvalue weighted by atomic mass is 10.1. The molecular weight excluding hydrogens is 230 g/mol. The van der Waals surface area contributed by atoms with Crippen LogP contribution in [0.15, 0.2) is 0 Å². The van der Waals surface area contributed by atoms with Crippen LogP contribution in [0.5, 0.6) is 0 Å². The van der Waals surface area contributed by atoms with Crippen molar-refractivity contribution in [2.24, 2.45) is 5.92 Å². The summed E-state index contributed by atoms with van der Waals surface area (Å²) >= 11 is 3.43. The van der Waals surface area contributed by atoms with Crippen molar-refractivity contribution in [1.29, 1.82) is 0 Å². The van der Waals surface area contributed by atoms with Gasteiger partial charge in [0.05, 0.1) is 0 Å². The number of rotatable bonds is 5. The maximum absolute atomic E-state index is 11.3. The average Bonchev–Trinajstić information content (AvgIpc) is 2.48. The van der Waals surface area contributed by atoms with Crippen molar-refractivity contribution in [2.75, 3.05) is 18.4 Å². The van der Waals surface area contributed by atoms with Gasteiger partial charge < -0.3 is 4.90 Å². The monoisotopic (exact) mass is 247 g/mol. The van der Waals surface area contributed by atoms with E-state index in [-0.39, 0.29) is 0 Å².